The average Bonchev–Trinajstić information content (AvgIpc) is 2.99. The maximum absolute atomic E-state index is 12.8. The summed E-state index contributed by atoms with van der Waals surface area (Å²) >= 11 is 0. The second-order valence-corrected chi connectivity index (χ2v) is 8.23. The fraction of sp³-hybridized carbons (Fsp3) is 0.650. The number of aliphatic hydroxyl groups excluding tert-OH is 1. The Kier molecular flexibility index (Phi) is 4.59. The second kappa shape index (κ2) is 6.34. The van der Waals surface area contributed by atoms with Gasteiger partial charge in [-0.3, -0.25) is 9.59 Å². The van der Waals surface area contributed by atoms with Crippen molar-refractivity contribution >= 4 is 17.7 Å². The summed E-state index contributed by atoms with van der Waals surface area (Å²) in [5.74, 6) is -2.90. The molecule has 6 nitrogen and oxygen atoms in total. The lowest BCUT2D eigenvalue weighted by molar-refractivity contribution is -0.162. The fourth-order valence-electron chi connectivity index (χ4n) is 4.79. The lowest BCUT2D eigenvalue weighted by atomic mass is 9.66. The second-order valence-electron chi connectivity index (χ2n) is 8.23. The Balaban J connectivity index is 2.11. The van der Waals surface area contributed by atoms with Gasteiger partial charge >= 0.3 is 11.9 Å². The normalized spacial score (nSPS) is 44.0. The zero-order valence-electron chi connectivity index (χ0n) is 15.8. The van der Waals surface area contributed by atoms with Gasteiger partial charge in [0.2, 0.25) is 0 Å². The molecule has 3 rings (SSSR count). The summed E-state index contributed by atoms with van der Waals surface area (Å²) in [6, 6.07) is 0. The van der Waals surface area contributed by atoms with Crippen LogP contribution in [0.15, 0.2) is 23.8 Å². The minimum atomic E-state index is -1.03. The summed E-state index contributed by atoms with van der Waals surface area (Å²) in [7, 11) is 0. The van der Waals surface area contributed by atoms with Gasteiger partial charge in [-0.2, -0.15) is 0 Å². The largest absolute Gasteiger partial charge is 0.459 e. The van der Waals surface area contributed by atoms with Crippen molar-refractivity contribution in [2.24, 2.45) is 29.1 Å². The standard InChI is InChI=1S/C20H26O6/c1-9(2)8-14(22)25-18-15-11(4)19(24)26-17(15)16(23)10(3)12-6-7-13(21)20(12,18)5/h6-8,10-12,15-18,23H,1-5H3/t10-,11-,12-,15+,16+,17-,18+,20+/m0/s1. The monoisotopic (exact) mass is 362 g/mol. The molecule has 1 N–H and O–H groups in total. The molecule has 1 saturated carbocycles. The predicted molar refractivity (Wildman–Crippen MR) is 92.8 cm³/mol. The maximum Gasteiger partial charge on any atom is 0.330 e. The van der Waals surface area contributed by atoms with Crippen LogP contribution in [0.1, 0.15) is 34.6 Å². The van der Waals surface area contributed by atoms with Crippen LogP contribution in [0.4, 0.5) is 0 Å². The van der Waals surface area contributed by atoms with Crippen molar-refractivity contribution in [2.75, 3.05) is 0 Å². The summed E-state index contributed by atoms with van der Waals surface area (Å²) < 4.78 is 11.2. The molecular weight excluding hydrogens is 336 g/mol. The van der Waals surface area contributed by atoms with Gasteiger partial charge in [0.15, 0.2) is 5.78 Å². The summed E-state index contributed by atoms with van der Waals surface area (Å²) in [6.45, 7) is 8.86. The van der Waals surface area contributed by atoms with E-state index in [4.69, 9.17) is 9.47 Å². The number of carbonyl (C=O) groups is 3. The van der Waals surface area contributed by atoms with Crippen LogP contribution in [-0.4, -0.2) is 41.1 Å². The van der Waals surface area contributed by atoms with Crippen LogP contribution in [0, 0.1) is 29.1 Å². The first-order chi connectivity index (χ1) is 12.1. The first-order valence-electron chi connectivity index (χ1n) is 9.05. The third-order valence-electron chi connectivity index (χ3n) is 6.29. The van der Waals surface area contributed by atoms with Gasteiger partial charge in [-0.25, -0.2) is 4.79 Å². The molecule has 0 bridgehead atoms. The van der Waals surface area contributed by atoms with E-state index in [9.17, 15) is 19.5 Å². The van der Waals surface area contributed by atoms with Gasteiger partial charge in [0.1, 0.15) is 12.2 Å². The van der Waals surface area contributed by atoms with Crippen molar-refractivity contribution in [3.05, 3.63) is 23.8 Å². The highest BCUT2D eigenvalue weighted by Crippen LogP contribution is 2.54. The van der Waals surface area contributed by atoms with Crippen molar-refractivity contribution in [3.8, 4) is 0 Å². The Hall–Kier alpha value is -1.95. The zero-order chi connectivity index (χ0) is 19.4. The molecule has 0 aromatic carbocycles. The third-order valence-corrected chi connectivity index (χ3v) is 6.29. The summed E-state index contributed by atoms with van der Waals surface area (Å²) in [5.41, 5.74) is -0.259. The number of ether oxygens (including phenoxy) is 2. The van der Waals surface area contributed by atoms with Crippen LogP contribution in [0.5, 0.6) is 0 Å². The van der Waals surface area contributed by atoms with Crippen LogP contribution in [0.3, 0.4) is 0 Å². The van der Waals surface area contributed by atoms with Crippen LogP contribution >= 0.6 is 0 Å². The van der Waals surface area contributed by atoms with E-state index in [1.165, 1.54) is 12.2 Å². The van der Waals surface area contributed by atoms with Crippen LogP contribution < -0.4 is 0 Å². The van der Waals surface area contributed by atoms with Gasteiger partial charge in [-0.15, -0.1) is 0 Å². The summed E-state index contributed by atoms with van der Waals surface area (Å²) in [4.78, 5) is 37.4. The summed E-state index contributed by atoms with van der Waals surface area (Å²) in [5, 5.41) is 10.8. The van der Waals surface area contributed by atoms with Gasteiger partial charge < -0.3 is 14.6 Å². The lowest BCUT2D eigenvalue weighted by Gasteiger charge is -2.40. The molecule has 1 heterocycles. The molecule has 2 aliphatic carbocycles. The molecule has 3 aliphatic rings. The minimum Gasteiger partial charge on any atom is -0.459 e. The number of aliphatic hydroxyl groups is 1. The number of fused-ring (bicyclic) bond motifs is 2. The highest BCUT2D eigenvalue weighted by atomic mass is 16.6. The molecule has 0 unspecified atom stereocenters. The van der Waals surface area contributed by atoms with Crippen molar-refractivity contribution < 1.29 is 29.0 Å². The molecule has 2 fully saturated rings. The number of ketones is 1. The molecule has 8 atom stereocenters. The smallest absolute Gasteiger partial charge is 0.330 e. The lowest BCUT2D eigenvalue weighted by Crippen LogP contribution is -2.50. The molecule has 1 aliphatic heterocycles. The van der Waals surface area contributed by atoms with Gasteiger partial charge in [-0.1, -0.05) is 25.5 Å². The van der Waals surface area contributed by atoms with E-state index in [0.717, 1.165) is 5.57 Å². The van der Waals surface area contributed by atoms with E-state index >= 15 is 0 Å². The van der Waals surface area contributed by atoms with E-state index in [1.807, 2.05) is 6.92 Å². The number of rotatable bonds is 2. The fourth-order valence-corrected chi connectivity index (χ4v) is 4.79. The molecular formula is C20H26O6. The molecule has 0 radical (unpaired) electrons. The number of esters is 2. The average molecular weight is 362 g/mol. The Morgan fingerprint density at radius 1 is 1.31 bits per heavy atom. The van der Waals surface area contributed by atoms with Gasteiger partial charge in [0.25, 0.3) is 0 Å². The Morgan fingerprint density at radius 3 is 2.58 bits per heavy atom. The van der Waals surface area contributed by atoms with Crippen LogP contribution in [0.25, 0.3) is 0 Å². The third kappa shape index (κ3) is 2.62. The van der Waals surface area contributed by atoms with E-state index in [-0.39, 0.29) is 17.6 Å². The number of hydrogen-bond donors (Lipinski definition) is 1. The number of hydrogen-bond acceptors (Lipinski definition) is 6. The quantitative estimate of drug-likeness (QED) is 0.595. The van der Waals surface area contributed by atoms with Gasteiger partial charge in [-0.05, 0) is 38.7 Å². The first kappa shape index (κ1) is 18.8. The Labute approximate surface area is 153 Å². The topological polar surface area (TPSA) is 89.9 Å². The molecule has 0 aromatic heterocycles. The van der Waals surface area contributed by atoms with E-state index in [0.29, 0.717) is 0 Å². The highest BCUT2D eigenvalue weighted by Gasteiger charge is 2.65. The number of carbonyl (C=O) groups excluding carboxylic acids is 3. The highest BCUT2D eigenvalue weighted by molar-refractivity contribution is 5.98. The maximum atomic E-state index is 12.8. The summed E-state index contributed by atoms with van der Waals surface area (Å²) in [6.07, 6.45) is 2.07. The minimum absolute atomic E-state index is 0.149. The van der Waals surface area contributed by atoms with E-state index < -0.39 is 47.5 Å². The van der Waals surface area contributed by atoms with Crippen molar-refractivity contribution in [3.63, 3.8) is 0 Å². The molecule has 6 heteroatoms. The number of allylic oxidation sites excluding steroid dienone is 3. The molecule has 26 heavy (non-hydrogen) atoms. The van der Waals surface area contributed by atoms with Crippen molar-refractivity contribution in [2.45, 2.75) is 52.9 Å². The van der Waals surface area contributed by atoms with Crippen molar-refractivity contribution in [1.29, 1.82) is 0 Å². The van der Waals surface area contributed by atoms with Gasteiger partial charge in [0.05, 0.1) is 17.4 Å². The SMILES string of the molecule is CC(C)=CC(=O)O[C@@H]1[C@H]2[C@H](OC(=O)[C@H]2C)[C@H](O)[C@@H](C)[C@@H]2C=CC(=O)[C@]12C. The van der Waals surface area contributed by atoms with Crippen LogP contribution in [0.2, 0.25) is 0 Å². The van der Waals surface area contributed by atoms with Gasteiger partial charge in [0, 0.05) is 12.0 Å². The molecule has 0 aromatic rings. The predicted octanol–water partition coefficient (Wildman–Crippen LogP) is 1.81. The Bertz CT molecular complexity index is 703. The van der Waals surface area contributed by atoms with E-state index in [2.05, 4.69) is 0 Å². The zero-order valence-corrected chi connectivity index (χ0v) is 15.8. The molecule has 142 valence electrons. The first-order valence-corrected chi connectivity index (χ1v) is 9.05. The Morgan fingerprint density at radius 2 is 1.96 bits per heavy atom. The molecule has 0 amide bonds. The molecule has 0 spiro atoms. The van der Waals surface area contributed by atoms with Crippen molar-refractivity contribution in [1.82, 2.24) is 0 Å². The van der Waals surface area contributed by atoms with Crippen LogP contribution in [-0.2, 0) is 23.9 Å². The molecule has 1 saturated heterocycles. The van der Waals surface area contributed by atoms with E-state index in [1.54, 1.807) is 33.8 Å².